The van der Waals surface area contributed by atoms with Gasteiger partial charge in [-0.25, -0.2) is 18.3 Å². The Morgan fingerprint density at radius 1 is 0.488 bits per heavy atom. The minimum Gasteiger partial charge on any atom is -0.356 e. The minimum absolute atomic E-state index is 0. The van der Waals surface area contributed by atoms with Crippen LogP contribution in [-0.4, -0.2) is 39.7 Å². The average Bonchev–Trinajstić information content (AvgIpc) is 3.33. The number of hydrogen-bond donors (Lipinski definition) is 0. The molecule has 0 saturated heterocycles. The minimum atomic E-state index is -1.75. The summed E-state index contributed by atoms with van der Waals surface area (Å²) in [6.07, 6.45) is 12.3. The van der Waals surface area contributed by atoms with Gasteiger partial charge in [-0.05, 0) is 13.8 Å². The van der Waals surface area contributed by atoms with Crippen LogP contribution in [-0.2, 0) is 27.2 Å². The van der Waals surface area contributed by atoms with Crippen molar-refractivity contribution >= 4 is 0 Å². The quantitative estimate of drug-likeness (QED) is 0.204. The van der Waals surface area contributed by atoms with Crippen molar-refractivity contribution in [3.05, 3.63) is 129 Å². The van der Waals surface area contributed by atoms with Gasteiger partial charge in [0.2, 0.25) is 12.7 Å². The molecule has 28 nitrogen and oxygen atoms in total. The van der Waals surface area contributed by atoms with Gasteiger partial charge >= 0.3 is 39.9 Å². The molecule has 0 fully saturated rings. The molecule has 0 radical (unpaired) electrons. The Labute approximate surface area is 258 Å². The van der Waals surface area contributed by atoms with Crippen molar-refractivity contribution < 1.29 is 79.6 Å². The monoisotopic (exact) mass is 826 g/mol. The maximum absolute atomic E-state index is 8.25. The molecule has 0 saturated carbocycles. The van der Waals surface area contributed by atoms with E-state index in [9.17, 15) is 0 Å². The molecule has 0 aliphatic rings. The second kappa shape index (κ2) is 37.1. The fourth-order valence-electron chi connectivity index (χ4n) is 1.38. The number of imidazole rings is 2. The second-order valence-electron chi connectivity index (χ2n) is 5.16. The molecular weight excluding hydrogens is 804 g/mol. The summed E-state index contributed by atoms with van der Waals surface area (Å²) in [5, 5.41) is 88.5. The van der Waals surface area contributed by atoms with Gasteiger partial charge in [-0.1, -0.05) is 0 Å². The third kappa shape index (κ3) is 132. The zero-order chi connectivity index (χ0) is 33.4. The first-order valence-corrected chi connectivity index (χ1v) is 8.96. The van der Waals surface area contributed by atoms with Crippen LogP contribution in [0.15, 0.2) is 37.4 Å². The van der Waals surface area contributed by atoms with Crippen molar-refractivity contribution in [1.29, 1.82) is 0 Å². The molecule has 0 N–H and O–H groups in total. The van der Waals surface area contributed by atoms with Crippen LogP contribution in [0.2, 0.25) is 0 Å². The van der Waals surface area contributed by atoms with E-state index in [1.807, 2.05) is 35.6 Å². The third-order valence-electron chi connectivity index (χ3n) is 2.38. The van der Waals surface area contributed by atoms with Crippen LogP contribution in [0.5, 0.6) is 0 Å². The van der Waals surface area contributed by atoms with Gasteiger partial charge in [-0.2, -0.15) is 0 Å². The summed E-state index contributed by atoms with van der Waals surface area (Å²) in [6.45, 7) is 6.36. The Balaban J connectivity index is -0.0000000661. The molecule has 0 aromatic carbocycles. The fraction of sp³-hybridized carbons (Fsp3) is 0.500. The predicted octanol–water partition coefficient (Wildman–Crippen LogP) is -0.770. The summed E-state index contributed by atoms with van der Waals surface area (Å²) < 4.78 is 8.31. The Bertz CT molecular complexity index is 813. The maximum Gasteiger partial charge on any atom is 4.00 e. The van der Waals surface area contributed by atoms with Crippen molar-refractivity contribution in [2.75, 3.05) is 0 Å². The molecule has 2 rings (SSSR count). The Morgan fingerprint density at radius 3 is 0.683 bits per heavy atom. The Morgan fingerprint density at radius 2 is 0.634 bits per heavy atom. The van der Waals surface area contributed by atoms with Crippen molar-refractivity contribution in [2.45, 2.75) is 26.9 Å². The SMILES string of the molecule is CCn1cc[n+](C)c1.CCn1cc[n+](C)c1.O=[N+]([O-])[O-].O=[N+]([O-])[O-].O=[N+]([O-])[O-].O=[N+]([O-])[O-].O=[N+]([O-])[O-].O=[N+]([O-])[O-].[Th+4]. The zero-order valence-electron chi connectivity index (χ0n) is 21.2. The van der Waals surface area contributed by atoms with E-state index < -0.39 is 30.5 Å². The van der Waals surface area contributed by atoms with Crippen LogP contribution < -0.4 is 9.13 Å². The summed E-state index contributed by atoms with van der Waals surface area (Å²) in [5.41, 5.74) is 0. The van der Waals surface area contributed by atoms with Crippen molar-refractivity contribution in [3.8, 4) is 0 Å². The van der Waals surface area contributed by atoms with E-state index in [-0.39, 0.29) is 39.9 Å². The first-order chi connectivity index (χ1) is 18.0. The molecule has 232 valence electrons. The van der Waals surface area contributed by atoms with E-state index in [1.165, 1.54) is 0 Å². The van der Waals surface area contributed by atoms with Crippen LogP contribution in [0.25, 0.3) is 0 Å². The van der Waals surface area contributed by atoms with Crippen LogP contribution in [0, 0.1) is 132 Å². The predicted molar refractivity (Wildman–Crippen MR) is 125 cm³/mol. The van der Waals surface area contributed by atoms with Gasteiger partial charge < -0.3 is 91.9 Å². The maximum atomic E-state index is 8.25. The number of hydrogen-bond acceptors (Lipinski definition) is 18. The van der Waals surface area contributed by atoms with Crippen molar-refractivity contribution in [3.63, 3.8) is 0 Å². The van der Waals surface area contributed by atoms with Crippen LogP contribution in [0.3, 0.4) is 0 Å². The molecule has 0 aliphatic carbocycles. The molecule has 2 aromatic heterocycles. The van der Waals surface area contributed by atoms with Gasteiger partial charge in [-0.3, -0.25) is 0 Å². The van der Waals surface area contributed by atoms with E-state index in [0.717, 1.165) is 13.1 Å². The second-order valence-corrected chi connectivity index (χ2v) is 5.16. The normalized spacial score (nSPS) is 7.32. The summed E-state index contributed by atoms with van der Waals surface area (Å²) in [5.74, 6) is 0. The Hall–Kier alpha value is -5.06. The number of nitrogens with zero attached hydrogens (tertiary/aromatic N) is 10. The van der Waals surface area contributed by atoms with E-state index in [0.29, 0.717) is 0 Å². The molecule has 0 aliphatic heterocycles. The first-order valence-electron chi connectivity index (χ1n) is 8.96. The van der Waals surface area contributed by atoms with Crippen molar-refractivity contribution in [1.82, 2.24) is 9.13 Å². The summed E-state index contributed by atoms with van der Waals surface area (Å²) >= 11 is 0. The van der Waals surface area contributed by atoms with E-state index >= 15 is 0 Å². The van der Waals surface area contributed by atoms with Gasteiger partial charge in [0.15, 0.2) is 0 Å². The standard InChI is InChI=1S/2C6H11N2.6NO3.Th/c2*1-3-8-5-4-7(2)6-8;6*2-1(3)4;/h2*4-6H,3H2,1-2H3;;;;;;;/q2*+1;6*-1;+4. The van der Waals surface area contributed by atoms with Crippen molar-refractivity contribution in [2.24, 2.45) is 14.1 Å². The van der Waals surface area contributed by atoms with Gasteiger partial charge in [0, 0.05) is 0 Å². The Kier molecular flexibility index (Phi) is 47.4. The molecular formula is C12H22N10O18Th. The van der Waals surface area contributed by atoms with Gasteiger partial charge in [0.05, 0.1) is 57.7 Å². The van der Waals surface area contributed by atoms with Crippen LogP contribution in [0.4, 0.5) is 0 Å². The molecule has 0 unspecified atom stereocenters. The number of aromatic nitrogens is 4. The third-order valence-corrected chi connectivity index (χ3v) is 2.38. The number of aryl methyl sites for hydroxylation is 4. The topological polar surface area (TPSA) is 415 Å². The van der Waals surface area contributed by atoms with E-state index in [2.05, 4.69) is 48.0 Å². The number of rotatable bonds is 2. The van der Waals surface area contributed by atoms with E-state index in [1.54, 1.807) is 0 Å². The van der Waals surface area contributed by atoms with Gasteiger partial charge in [0.1, 0.15) is 24.8 Å². The smallest absolute Gasteiger partial charge is 0.356 e. The van der Waals surface area contributed by atoms with Gasteiger partial charge in [0.25, 0.3) is 0 Å². The first kappa shape index (κ1) is 52.4. The molecule has 2 aromatic rings. The zero-order valence-corrected chi connectivity index (χ0v) is 25.3. The van der Waals surface area contributed by atoms with Crippen LogP contribution in [0.1, 0.15) is 13.8 Å². The fourth-order valence-corrected chi connectivity index (χ4v) is 1.38. The largest absolute Gasteiger partial charge is 4.00 e. The van der Waals surface area contributed by atoms with E-state index in [4.69, 9.17) is 91.9 Å². The summed E-state index contributed by atoms with van der Waals surface area (Å²) in [7, 11) is 4.04. The molecule has 41 heavy (non-hydrogen) atoms. The van der Waals surface area contributed by atoms with Crippen LogP contribution >= 0.6 is 0 Å². The molecule has 2 heterocycles. The molecule has 0 atom stereocenters. The summed E-state index contributed by atoms with van der Waals surface area (Å²) in [6, 6.07) is 0. The van der Waals surface area contributed by atoms with Gasteiger partial charge in [-0.15, -0.1) is 0 Å². The molecule has 0 spiro atoms. The molecule has 0 amide bonds. The molecule has 0 bridgehead atoms. The molecule has 29 heteroatoms. The average molecular weight is 826 g/mol. The summed E-state index contributed by atoms with van der Waals surface area (Å²) in [4.78, 5) is 49.5.